The first-order valence-electron chi connectivity index (χ1n) is 9.31. The molecule has 2 heterocycles. The normalized spacial score (nSPS) is 17.2. The molecule has 3 rings (SSSR count). The van der Waals surface area contributed by atoms with Gasteiger partial charge in [0, 0.05) is 22.9 Å². The van der Waals surface area contributed by atoms with Crippen molar-refractivity contribution in [2.45, 2.75) is 26.2 Å². The number of nitriles is 2. The zero-order valence-electron chi connectivity index (χ0n) is 16.9. The van der Waals surface area contributed by atoms with E-state index in [4.69, 9.17) is 14.7 Å². The maximum absolute atomic E-state index is 13.0. The highest BCUT2D eigenvalue weighted by Crippen LogP contribution is 2.44. The summed E-state index contributed by atoms with van der Waals surface area (Å²) in [5.74, 6) is -1.79. The van der Waals surface area contributed by atoms with Crippen molar-refractivity contribution >= 4 is 17.4 Å². The minimum atomic E-state index is -0.873. The third-order valence-corrected chi connectivity index (χ3v) is 4.99. The predicted octanol–water partition coefficient (Wildman–Crippen LogP) is 2.87. The Kier molecular flexibility index (Phi) is 5.98. The summed E-state index contributed by atoms with van der Waals surface area (Å²) in [6, 6.07) is 10.6. The summed E-state index contributed by atoms with van der Waals surface area (Å²) >= 11 is 0. The largest absolute Gasteiger partial charge is 0.496 e. The van der Waals surface area contributed by atoms with Crippen LogP contribution in [-0.4, -0.2) is 30.4 Å². The van der Waals surface area contributed by atoms with E-state index < -0.39 is 17.8 Å². The maximum Gasteiger partial charge on any atom is 0.315 e. The van der Waals surface area contributed by atoms with Crippen LogP contribution in [0.2, 0.25) is 0 Å². The van der Waals surface area contributed by atoms with Crippen LogP contribution in [-0.2, 0) is 9.53 Å². The highest BCUT2D eigenvalue weighted by atomic mass is 16.5. The Bertz CT molecular complexity index is 1170. The molecular formula is C22H20N4O4. The number of nitrogens with zero attached hydrogens (tertiary/aromatic N) is 3. The summed E-state index contributed by atoms with van der Waals surface area (Å²) < 4.78 is 10.8. The van der Waals surface area contributed by atoms with Gasteiger partial charge in [-0.05, 0) is 32.0 Å². The van der Waals surface area contributed by atoms with E-state index in [1.54, 1.807) is 38.1 Å². The number of aliphatic imine (C=N–C) groups is 1. The van der Waals surface area contributed by atoms with Crippen LogP contribution in [0.1, 0.15) is 41.6 Å². The Morgan fingerprint density at radius 3 is 2.70 bits per heavy atom. The molecule has 1 aliphatic rings. The molecule has 152 valence electrons. The first-order valence-corrected chi connectivity index (χ1v) is 9.31. The second-order valence-corrected chi connectivity index (χ2v) is 6.93. The van der Waals surface area contributed by atoms with Crippen LogP contribution in [0.15, 0.2) is 34.1 Å². The van der Waals surface area contributed by atoms with E-state index >= 15 is 0 Å². The number of ether oxygens (including phenoxy) is 2. The maximum atomic E-state index is 13.0. The molecule has 2 unspecified atom stereocenters. The zero-order valence-corrected chi connectivity index (χ0v) is 16.9. The van der Waals surface area contributed by atoms with E-state index in [2.05, 4.69) is 16.0 Å². The number of aromatic amines is 1. The molecule has 0 bridgehead atoms. The standard InChI is InChI=1S/C22H20N4O4/c1-12-9-16-20(21(27)25-12)19(15-6-5-14(11-24)10-17(15)29-3)18(13(2)26-16)22(28)30-8-4-7-23/h5-6,9-10,18-19H,4,8H2,1-3H3,(H,25,27). The van der Waals surface area contributed by atoms with Gasteiger partial charge in [0.2, 0.25) is 0 Å². The third kappa shape index (κ3) is 3.81. The van der Waals surface area contributed by atoms with Crippen molar-refractivity contribution in [2.75, 3.05) is 13.7 Å². The average molecular weight is 404 g/mol. The van der Waals surface area contributed by atoms with Crippen LogP contribution in [0.4, 0.5) is 5.69 Å². The van der Waals surface area contributed by atoms with Crippen molar-refractivity contribution in [2.24, 2.45) is 10.9 Å². The molecule has 1 aromatic heterocycles. The fourth-order valence-corrected chi connectivity index (χ4v) is 3.71. The van der Waals surface area contributed by atoms with E-state index in [0.29, 0.717) is 39.5 Å². The van der Waals surface area contributed by atoms with Gasteiger partial charge in [0.05, 0.1) is 42.5 Å². The number of nitrogens with one attached hydrogen (secondary N) is 1. The van der Waals surface area contributed by atoms with E-state index in [1.807, 2.05) is 6.07 Å². The van der Waals surface area contributed by atoms with Gasteiger partial charge in [-0.1, -0.05) is 6.07 Å². The Hall–Kier alpha value is -3.91. The van der Waals surface area contributed by atoms with Crippen molar-refractivity contribution in [1.29, 1.82) is 10.5 Å². The molecule has 0 saturated heterocycles. The number of rotatable bonds is 5. The molecule has 1 N–H and O–H groups in total. The van der Waals surface area contributed by atoms with Gasteiger partial charge in [0.15, 0.2) is 0 Å². The summed E-state index contributed by atoms with van der Waals surface area (Å²) in [4.78, 5) is 33.1. The van der Waals surface area contributed by atoms with Gasteiger partial charge in [-0.15, -0.1) is 0 Å². The van der Waals surface area contributed by atoms with Crippen LogP contribution < -0.4 is 10.3 Å². The summed E-state index contributed by atoms with van der Waals surface area (Å²) in [5.41, 5.74) is 2.56. The number of hydrogen-bond donors (Lipinski definition) is 1. The summed E-state index contributed by atoms with van der Waals surface area (Å²) in [6.07, 6.45) is 0.0653. The number of carbonyl (C=O) groups is 1. The number of aryl methyl sites for hydroxylation is 1. The lowest BCUT2D eigenvalue weighted by atomic mass is 9.76. The monoisotopic (exact) mass is 404 g/mol. The first-order chi connectivity index (χ1) is 14.4. The molecule has 8 nitrogen and oxygen atoms in total. The van der Waals surface area contributed by atoms with Gasteiger partial charge in [-0.25, -0.2) is 0 Å². The third-order valence-electron chi connectivity index (χ3n) is 4.99. The fraction of sp³-hybridized carbons (Fsp3) is 0.318. The van der Waals surface area contributed by atoms with Gasteiger partial charge in [0.25, 0.3) is 5.56 Å². The Labute approximate surface area is 173 Å². The lowest BCUT2D eigenvalue weighted by Crippen LogP contribution is -2.36. The van der Waals surface area contributed by atoms with Gasteiger partial charge >= 0.3 is 5.97 Å². The number of methoxy groups -OCH3 is 1. The molecule has 0 radical (unpaired) electrons. The van der Waals surface area contributed by atoms with Crippen LogP contribution in [0.5, 0.6) is 5.75 Å². The summed E-state index contributed by atoms with van der Waals surface area (Å²) in [7, 11) is 1.46. The molecular weight excluding hydrogens is 384 g/mol. The molecule has 1 aromatic carbocycles. The van der Waals surface area contributed by atoms with Gasteiger partial charge in [-0.3, -0.25) is 14.6 Å². The van der Waals surface area contributed by atoms with Crippen molar-refractivity contribution in [3.05, 3.63) is 57.0 Å². The summed E-state index contributed by atoms with van der Waals surface area (Å²) in [5, 5.41) is 17.9. The predicted molar refractivity (Wildman–Crippen MR) is 109 cm³/mol. The topological polar surface area (TPSA) is 128 Å². The highest BCUT2D eigenvalue weighted by molar-refractivity contribution is 6.05. The molecule has 2 aromatic rings. The van der Waals surface area contributed by atoms with Gasteiger partial charge < -0.3 is 14.5 Å². The lowest BCUT2D eigenvalue weighted by molar-refractivity contribution is -0.146. The minimum absolute atomic E-state index is 0.0482. The van der Waals surface area contributed by atoms with Crippen LogP contribution in [0.25, 0.3) is 0 Å². The Morgan fingerprint density at radius 1 is 1.27 bits per heavy atom. The number of fused-ring (bicyclic) bond motifs is 1. The number of pyridine rings is 1. The molecule has 0 fully saturated rings. The minimum Gasteiger partial charge on any atom is -0.496 e. The number of aromatic nitrogens is 1. The quantitative estimate of drug-likeness (QED) is 0.603. The van der Waals surface area contributed by atoms with Crippen LogP contribution >= 0.6 is 0 Å². The Balaban J connectivity index is 2.23. The number of hydrogen-bond acceptors (Lipinski definition) is 7. The molecule has 8 heteroatoms. The number of benzene rings is 1. The SMILES string of the molecule is COc1cc(C#N)ccc1C1c2c(cc(C)[nH]c2=O)N=C(C)C1C(=O)OCCC#N. The molecule has 0 spiro atoms. The van der Waals surface area contributed by atoms with Crippen LogP contribution in [0, 0.1) is 35.5 Å². The zero-order chi connectivity index (χ0) is 21.8. The molecule has 2 atom stereocenters. The van der Waals surface area contributed by atoms with Crippen molar-refractivity contribution in [3.8, 4) is 17.9 Å². The van der Waals surface area contributed by atoms with E-state index in [0.717, 1.165) is 0 Å². The van der Waals surface area contributed by atoms with Crippen molar-refractivity contribution in [3.63, 3.8) is 0 Å². The molecule has 0 amide bonds. The second kappa shape index (κ2) is 8.62. The first kappa shape index (κ1) is 20.8. The number of H-pyrrole nitrogens is 1. The fourth-order valence-electron chi connectivity index (χ4n) is 3.71. The molecule has 0 aliphatic carbocycles. The lowest BCUT2D eigenvalue weighted by Gasteiger charge is -2.31. The van der Waals surface area contributed by atoms with E-state index in [-0.39, 0.29) is 18.6 Å². The number of esters is 1. The summed E-state index contributed by atoms with van der Waals surface area (Å²) in [6.45, 7) is 3.42. The van der Waals surface area contributed by atoms with Gasteiger partial charge in [-0.2, -0.15) is 10.5 Å². The smallest absolute Gasteiger partial charge is 0.315 e. The van der Waals surface area contributed by atoms with E-state index in [9.17, 15) is 14.9 Å². The molecule has 0 saturated carbocycles. The second-order valence-electron chi connectivity index (χ2n) is 6.93. The Morgan fingerprint density at radius 2 is 2.03 bits per heavy atom. The van der Waals surface area contributed by atoms with Crippen LogP contribution in [0.3, 0.4) is 0 Å². The van der Waals surface area contributed by atoms with Crippen molar-refractivity contribution in [1.82, 2.24) is 4.98 Å². The van der Waals surface area contributed by atoms with E-state index in [1.165, 1.54) is 7.11 Å². The molecule has 30 heavy (non-hydrogen) atoms. The average Bonchev–Trinajstić information content (AvgIpc) is 2.72. The highest BCUT2D eigenvalue weighted by Gasteiger charge is 2.41. The number of carbonyl (C=O) groups excluding carboxylic acids is 1. The van der Waals surface area contributed by atoms with Gasteiger partial charge in [0.1, 0.15) is 18.3 Å². The molecule has 1 aliphatic heterocycles. The van der Waals surface area contributed by atoms with Crippen molar-refractivity contribution < 1.29 is 14.3 Å².